The predicted molar refractivity (Wildman–Crippen MR) is 46.5 cm³/mol. The highest BCUT2D eigenvalue weighted by molar-refractivity contribution is 6.32. The molecule has 1 saturated heterocycles. The van der Waals surface area contributed by atoms with Gasteiger partial charge in [-0.15, -0.1) is 23.2 Å². The van der Waals surface area contributed by atoms with Crippen LogP contribution in [0.5, 0.6) is 0 Å². The molecule has 0 bridgehead atoms. The van der Waals surface area contributed by atoms with Gasteiger partial charge in [0.1, 0.15) is 0 Å². The number of rotatable bonds is 0. The van der Waals surface area contributed by atoms with Crippen molar-refractivity contribution in [2.24, 2.45) is 11.8 Å². The summed E-state index contributed by atoms with van der Waals surface area (Å²) in [6.07, 6.45) is 3.22. The predicted octanol–water partition coefficient (Wildman–Crippen LogP) is 1.09. The molecule has 2 aliphatic rings. The molecule has 0 aromatic carbocycles. The van der Waals surface area contributed by atoms with Crippen molar-refractivity contribution >= 4 is 35.1 Å². The lowest BCUT2D eigenvalue weighted by Crippen LogP contribution is -2.34. The van der Waals surface area contributed by atoms with E-state index in [1.54, 1.807) is 12.2 Å². The summed E-state index contributed by atoms with van der Waals surface area (Å²) in [6, 6.07) is 0. The first-order valence-corrected chi connectivity index (χ1v) is 4.70. The average molecular weight is 221 g/mol. The highest BCUT2D eigenvalue weighted by atomic mass is 35.5. The van der Waals surface area contributed by atoms with Crippen LogP contribution in [-0.2, 0) is 14.3 Å². The third kappa shape index (κ3) is 1.27. The summed E-state index contributed by atoms with van der Waals surface area (Å²) in [5.74, 6) is -2.24. The number of fused-ring (bicyclic) bond motifs is 1. The summed E-state index contributed by atoms with van der Waals surface area (Å²) in [5, 5.41) is -0.975. The van der Waals surface area contributed by atoms with Crippen LogP contribution in [0, 0.1) is 11.8 Å². The number of alkyl halides is 2. The molecular formula is C8H6Cl2O3. The van der Waals surface area contributed by atoms with Crippen molar-refractivity contribution in [2.75, 3.05) is 0 Å². The number of allylic oxidation sites excluding steroid dienone is 1. The molecule has 4 unspecified atom stereocenters. The van der Waals surface area contributed by atoms with Gasteiger partial charge in [0.15, 0.2) is 0 Å². The van der Waals surface area contributed by atoms with Gasteiger partial charge in [-0.3, -0.25) is 9.59 Å². The maximum absolute atomic E-state index is 11.2. The maximum Gasteiger partial charge on any atom is 0.321 e. The quantitative estimate of drug-likeness (QED) is 0.266. The van der Waals surface area contributed by atoms with Crippen molar-refractivity contribution < 1.29 is 14.3 Å². The van der Waals surface area contributed by atoms with E-state index < -0.39 is 34.5 Å². The van der Waals surface area contributed by atoms with Gasteiger partial charge in [0.05, 0.1) is 22.6 Å². The van der Waals surface area contributed by atoms with E-state index in [0.717, 1.165) is 0 Å². The summed E-state index contributed by atoms with van der Waals surface area (Å²) in [6.45, 7) is 0. The highest BCUT2D eigenvalue weighted by Crippen LogP contribution is 2.37. The lowest BCUT2D eigenvalue weighted by Gasteiger charge is -2.23. The normalized spacial score (nSPS) is 43.2. The molecular weight excluding hydrogens is 215 g/mol. The second-order valence-electron chi connectivity index (χ2n) is 3.07. The monoisotopic (exact) mass is 220 g/mol. The minimum atomic E-state index is -0.610. The third-order valence-electron chi connectivity index (χ3n) is 2.28. The van der Waals surface area contributed by atoms with Crippen LogP contribution in [0.2, 0.25) is 0 Å². The lowest BCUT2D eigenvalue weighted by atomic mass is 9.85. The first-order valence-electron chi connectivity index (χ1n) is 3.83. The van der Waals surface area contributed by atoms with Gasteiger partial charge in [-0.05, 0) is 0 Å². The van der Waals surface area contributed by atoms with Crippen molar-refractivity contribution in [3.63, 3.8) is 0 Å². The minimum absolute atomic E-state index is 0.415. The van der Waals surface area contributed by atoms with Gasteiger partial charge < -0.3 is 4.74 Å². The van der Waals surface area contributed by atoms with Crippen molar-refractivity contribution in [1.29, 1.82) is 0 Å². The van der Waals surface area contributed by atoms with E-state index in [-0.39, 0.29) is 0 Å². The fraction of sp³-hybridized carbons (Fsp3) is 0.500. The first kappa shape index (κ1) is 9.03. The van der Waals surface area contributed by atoms with Gasteiger partial charge >= 0.3 is 11.9 Å². The van der Waals surface area contributed by atoms with Crippen molar-refractivity contribution in [3.8, 4) is 0 Å². The number of carbonyl (C=O) groups excluding carboxylic acids is 2. The van der Waals surface area contributed by atoms with E-state index in [2.05, 4.69) is 4.74 Å². The zero-order valence-corrected chi connectivity index (χ0v) is 7.96. The number of ether oxygens (including phenoxy) is 1. The molecule has 13 heavy (non-hydrogen) atoms. The minimum Gasteiger partial charge on any atom is -0.392 e. The summed E-state index contributed by atoms with van der Waals surface area (Å²) in [7, 11) is 0. The standard InChI is InChI=1S/C8H6Cl2O3/c9-4-2-1-3-5(6(4)10)8(12)13-7(3)11/h1-6H. The van der Waals surface area contributed by atoms with Crippen LogP contribution in [0.1, 0.15) is 0 Å². The molecule has 1 aliphatic heterocycles. The zero-order chi connectivity index (χ0) is 9.59. The molecule has 0 radical (unpaired) electrons. The fourth-order valence-corrected chi connectivity index (χ4v) is 2.17. The number of cyclic esters (lactones) is 2. The lowest BCUT2D eigenvalue weighted by molar-refractivity contribution is -0.153. The Morgan fingerprint density at radius 2 is 1.85 bits per heavy atom. The van der Waals surface area contributed by atoms with Crippen LogP contribution in [0.4, 0.5) is 0 Å². The van der Waals surface area contributed by atoms with Crippen LogP contribution in [0.3, 0.4) is 0 Å². The summed E-state index contributed by atoms with van der Waals surface area (Å²) < 4.78 is 4.45. The summed E-state index contributed by atoms with van der Waals surface area (Å²) in [5.41, 5.74) is 0. The molecule has 70 valence electrons. The first-order chi connectivity index (χ1) is 6.11. The van der Waals surface area contributed by atoms with Crippen LogP contribution >= 0.6 is 23.2 Å². The Kier molecular flexibility index (Phi) is 2.08. The van der Waals surface area contributed by atoms with Gasteiger partial charge in [-0.2, -0.15) is 0 Å². The summed E-state index contributed by atoms with van der Waals surface area (Å²) in [4.78, 5) is 22.2. The molecule has 0 aromatic heterocycles. The van der Waals surface area contributed by atoms with E-state index in [1.165, 1.54) is 0 Å². The molecule has 5 heteroatoms. The van der Waals surface area contributed by atoms with Crippen LogP contribution in [0.15, 0.2) is 12.2 Å². The van der Waals surface area contributed by atoms with Gasteiger partial charge in [-0.1, -0.05) is 12.2 Å². The Morgan fingerprint density at radius 3 is 2.54 bits per heavy atom. The Labute approximate surface area is 84.6 Å². The molecule has 2 rings (SSSR count). The second kappa shape index (κ2) is 3.00. The molecule has 1 aliphatic carbocycles. The SMILES string of the molecule is O=C1OC(=O)C2C1C=CC(Cl)C2Cl. The smallest absolute Gasteiger partial charge is 0.321 e. The molecule has 1 fully saturated rings. The highest BCUT2D eigenvalue weighted by Gasteiger charge is 2.50. The van der Waals surface area contributed by atoms with E-state index >= 15 is 0 Å². The van der Waals surface area contributed by atoms with E-state index in [9.17, 15) is 9.59 Å². The molecule has 0 amide bonds. The number of hydrogen-bond donors (Lipinski definition) is 0. The summed E-state index contributed by atoms with van der Waals surface area (Å²) >= 11 is 11.7. The average Bonchev–Trinajstić information content (AvgIpc) is 2.35. The second-order valence-corrected chi connectivity index (χ2v) is 4.07. The van der Waals surface area contributed by atoms with Crippen LogP contribution < -0.4 is 0 Å². The Bertz CT molecular complexity index is 300. The van der Waals surface area contributed by atoms with E-state index in [0.29, 0.717) is 0 Å². The Hall–Kier alpha value is -0.540. The molecule has 3 nitrogen and oxygen atoms in total. The molecule has 0 spiro atoms. The molecule has 0 aromatic rings. The van der Waals surface area contributed by atoms with E-state index in [1.807, 2.05) is 0 Å². The number of carbonyl (C=O) groups is 2. The van der Waals surface area contributed by atoms with Gasteiger partial charge in [-0.25, -0.2) is 0 Å². The number of hydrogen-bond acceptors (Lipinski definition) is 3. The number of halogens is 2. The van der Waals surface area contributed by atoms with E-state index in [4.69, 9.17) is 23.2 Å². The van der Waals surface area contributed by atoms with Gasteiger partial charge in [0, 0.05) is 0 Å². The zero-order valence-electron chi connectivity index (χ0n) is 6.44. The largest absolute Gasteiger partial charge is 0.392 e. The van der Waals surface area contributed by atoms with Crippen LogP contribution in [0.25, 0.3) is 0 Å². The fourth-order valence-electron chi connectivity index (χ4n) is 1.58. The molecule has 0 N–H and O–H groups in total. The molecule has 4 atom stereocenters. The van der Waals surface area contributed by atoms with Crippen LogP contribution in [-0.4, -0.2) is 22.7 Å². The Morgan fingerprint density at radius 1 is 1.15 bits per heavy atom. The van der Waals surface area contributed by atoms with Crippen molar-refractivity contribution in [1.82, 2.24) is 0 Å². The van der Waals surface area contributed by atoms with Gasteiger partial charge in [0.25, 0.3) is 0 Å². The number of esters is 2. The van der Waals surface area contributed by atoms with Crippen molar-refractivity contribution in [2.45, 2.75) is 10.8 Å². The third-order valence-corrected chi connectivity index (χ3v) is 3.37. The maximum atomic E-state index is 11.2. The topological polar surface area (TPSA) is 43.4 Å². The Balaban J connectivity index is 2.36. The molecule has 0 saturated carbocycles. The molecule has 1 heterocycles. The van der Waals surface area contributed by atoms with Crippen molar-refractivity contribution in [3.05, 3.63) is 12.2 Å². The van der Waals surface area contributed by atoms with Gasteiger partial charge in [0.2, 0.25) is 0 Å².